The van der Waals surface area contributed by atoms with Crippen molar-refractivity contribution in [3.05, 3.63) is 11.1 Å². The maximum atomic E-state index is 12.8. The van der Waals surface area contributed by atoms with E-state index in [0.717, 1.165) is 44.3 Å². The minimum Gasteiger partial charge on any atom is -0.342 e. The Hall–Kier alpha value is -1.47. The summed E-state index contributed by atoms with van der Waals surface area (Å²) >= 11 is 1.46. The van der Waals surface area contributed by atoms with Crippen LogP contribution in [0.15, 0.2) is 5.38 Å². The quantitative estimate of drug-likeness (QED) is 0.853. The Balaban J connectivity index is 1.63. The molecule has 0 radical (unpaired) electrons. The summed E-state index contributed by atoms with van der Waals surface area (Å²) in [5.41, 5.74) is 0.978. The first-order valence-corrected chi connectivity index (χ1v) is 10.7. The number of carbonyl (C=O) groups is 2. The summed E-state index contributed by atoms with van der Waals surface area (Å²) in [6.45, 7) is 2.89. The molecular formula is C19H30N4O2S. The summed E-state index contributed by atoms with van der Waals surface area (Å²) in [4.78, 5) is 32.9. The number of aromatic nitrogens is 1. The molecule has 1 saturated heterocycles. The fraction of sp³-hybridized carbons (Fsp3) is 0.737. The van der Waals surface area contributed by atoms with E-state index in [9.17, 15) is 9.59 Å². The fourth-order valence-electron chi connectivity index (χ4n) is 4.12. The molecule has 1 aromatic rings. The first-order chi connectivity index (χ1) is 12.5. The summed E-state index contributed by atoms with van der Waals surface area (Å²) in [7, 11) is 1.97. The summed E-state index contributed by atoms with van der Waals surface area (Å²) in [6, 6.07) is 0.580. The predicted octanol–water partition coefficient (Wildman–Crippen LogP) is 3.42. The van der Waals surface area contributed by atoms with Crippen LogP contribution < -0.4 is 5.32 Å². The van der Waals surface area contributed by atoms with Gasteiger partial charge in [-0.2, -0.15) is 0 Å². The number of rotatable bonds is 5. The highest BCUT2D eigenvalue weighted by Gasteiger charge is 2.30. The highest BCUT2D eigenvalue weighted by Crippen LogP contribution is 2.33. The number of likely N-dealkylation sites (tertiary alicyclic amines) is 1. The Morgan fingerprint density at radius 1 is 1.23 bits per heavy atom. The van der Waals surface area contributed by atoms with Gasteiger partial charge in [-0.3, -0.25) is 14.5 Å². The smallest absolute Gasteiger partial charge is 0.236 e. The van der Waals surface area contributed by atoms with Gasteiger partial charge in [0.25, 0.3) is 0 Å². The van der Waals surface area contributed by atoms with Gasteiger partial charge >= 0.3 is 0 Å². The molecule has 1 aliphatic heterocycles. The molecule has 1 unspecified atom stereocenters. The van der Waals surface area contributed by atoms with E-state index in [4.69, 9.17) is 0 Å². The first kappa shape index (κ1) is 19.3. The van der Waals surface area contributed by atoms with Crippen molar-refractivity contribution >= 4 is 28.3 Å². The van der Waals surface area contributed by atoms with E-state index in [1.54, 1.807) is 0 Å². The average molecular weight is 379 g/mol. The van der Waals surface area contributed by atoms with Gasteiger partial charge in [0.1, 0.15) is 0 Å². The number of amides is 2. The molecule has 2 heterocycles. The van der Waals surface area contributed by atoms with Gasteiger partial charge in [0.2, 0.25) is 11.8 Å². The summed E-state index contributed by atoms with van der Waals surface area (Å²) in [5, 5.41) is 5.42. The van der Waals surface area contributed by atoms with Crippen LogP contribution in [0, 0.1) is 0 Å². The largest absolute Gasteiger partial charge is 0.342 e. The van der Waals surface area contributed by atoms with Gasteiger partial charge in [-0.05, 0) is 32.2 Å². The SMILES string of the molecule is CC(=O)Nc1nc(C2CCCCN2CC(=O)N(C)C2CCCCC2)cs1. The van der Waals surface area contributed by atoms with Crippen LogP contribution in [-0.4, -0.2) is 52.8 Å². The van der Waals surface area contributed by atoms with Crippen LogP contribution in [0.2, 0.25) is 0 Å². The maximum absolute atomic E-state index is 12.8. The second-order valence-electron chi connectivity index (χ2n) is 7.54. The van der Waals surface area contributed by atoms with Crippen molar-refractivity contribution in [1.29, 1.82) is 0 Å². The minimum absolute atomic E-state index is 0.101. The predicted molar refractivity (Wildman–Crippen MR) is 104 cm³/mol. The van der Waals surface area contributed by atoms with Gasteiger partial charge in [-0.1, -0.05) is 25.7 Å². The molecule has 1 saturated carbocycles. The third-order valence-corrected chi connectivity index (χ3v) is 6.39. The first-order valence-electron chi connectivity index (χ1n) is 9.77. The van der Waals surface area contributed by atoms with Crippen LogP contribution in [0.1, 0.15) is 70.0 Å². The molecule has 0 aromatic carbocycles. The standard InChI is InChI=1S/C19H30N4O2S/c1-14(24)20-19-21-16(13-26-19)17-10-6-7-11-23(17)12-18(25)22(2)15-8-4-3-5-9-15/h13,15,17H,3-12H2,1-2H3,(H,20,21,24). The molecular weight excluding hydrogens is 348 g/mol. The van der Waals surface area contributed by atoms with Crippen LogP contribution in [-0.2, 0) is 9.59 Å². The fourth-order valence-corrected chi connectivity index (χ4v) is 4.92. The zero-order chi connectivity index (χ0) is 18.5. The minimum atomic E-state index is -0.101. The Morgan fingerprint density at radius 2 is 1.96 bits per heavy atom. The molecule has 2 aliphatic rings. The van der Waals surface area contributed by atoms with E-state index in [2.05, 4.69) is 15.2 Å². The monoisotopic (exact) mass is 378 g/mol. The molecule has 2 fully saturated rings. The van der Waals surface area contributed by atoms with Gasteiger partial charge in [-0.25, -0.2) is 4.98 Å². The Morgan fingerprint density at radius 3 is 2.69 bits per heavy atom. The van der Waals surface area contributed by atoms with Crippen LogP contribution in [0.5, 0.6) is 0 Å². The lowest BCUT2D eigenvalue weighted by Crippen LogP contribution is -2.46. The Labute approximate surface area is 160 Å². The van der Waals surface area contributed by atoms with Crippen LogP contribution in [0.4, 0.5) is 5.13 Å². The lowest BCUT2D eigenvalue weighted by molar-refractivity contribution is -0.134. The van der Waals surface area contributed by atoms with Gasteiger partial charge in [0, 0.05) is 25.4 Å². The highest BCUT2D eigenvalue weighted by atomic mass is 32.1. The van der Waals surface area contributed by atoms with Crippen molar-refractivity contribution in [1.82, 2.24) is 14.8 Å². The van der Waals surface area contributed by atoms with Gasteiger partial charge < -0.3 is 10.2 Å². The molecule has 3 rings (SSSR count). The second kappa shape index (κ2) is 8.95. The second-order valence-corrected chi connectivity index (χ2v) is 8.40. The van der Waals surface area contributed by atoms with E-state index < -0.39 is 0 Å². The number of piperidine rings is 1. The van der Waals surface area contributed by atoms with E-state index in [0.29, 0.717) is 17.7 Å². The Bertz CT molecular complexity index is 627. The number of anilines is 1. The topological polar surface area (TPSA) is 65.5 Å². The zero-order valence-corrected chi connectivity index (χ0v) is 16.7. The van der Waals surface area contributed by atoms with Crippen molar-refractivity contribution in [3.8, 4) is 0 Å². The molecule has 1 atom stereocenters. The molecule has 1 aliphatic carbocycles. The van der Waals surface area contributed by atoms with Gasteiger partial charge in [0.15, 0.2) is 5.13 Å². The van der Waals surface area contributed by atoms with Crippen LogP contribution in [0.25, 0.3) is 0 Å². The average Bonchev–Trinajstić information content (AvgIpc) is 3.09. The summed E-state index contributed by atoms with van der Waals surface area (Å²) < 4.78 is 0. The number of carbonyl (C=O) groups excluding carboxylic acids is 2. The number of hydrogen-bond acceptors (Lipinski definition) is 5. The van der Waals surface area contributed by atoms with Crippen LogP contribution >= 0.6 is 11.3 Å². The van der Waals surface area contributed by atoms with Gasteiger partial charge in [0.05, 0.1) is 18.3 Å². The maximum Gasteiger partial charge on any atom is 0.236 e. The third kappa shape index (κ3) is 4.82. The van der Waals surface area contributed by atoms with Crippen molar-refractivity contribution in [2.24, 2.45) is 0 Å². The van der Waals surface area contributed by atoms with Crippen molar-refractivity contribution in [3.63, 3.8) is 0 Å². The van der Waals surface area contributed by atoms with E-state index in [1.807, 2.05) is 17.3 Å². The number of likely N-dealkylation sites (N-methyl/N-ethyl adjacent to an activating group) is 1. The summed E-state index contributed by atoms with van der Waals surface area (Å²) in [6.07, 6.45) is 9.34. The van der Waals surface area contributed by atoms with Crippen molar-refractivity contribution in [2.45, 2.75) is 70.4 Å². The molecule has 6 nitrogen and oxygen atoms in total. The lowest BCUT2D eigenvalue weighted by Gasteiger charge is -2.37. The number of nitrogens with zero attached hydrogens (tertiary/aromatic N) is 3. The van der Waals surface area contributed by atoms with E-state index >= 15 is 0 Å². The molecule has 0 bridgehead atoms. The van der Waals surface area contributed by atoms with Crippen molar-refractivity contribution in [2.75, 3.05) is 25.5 Å². The zero-order valence-electron chi connectivity index (χ0n) is 15.9. The van der Waals surface area contributed by atoms with Crippen molar-refractivity contribution < 1.29 is 9.59 Å². The van der Waals surface area contributed by atoms with E-state index in [1.165, 1.54) is 37.5 Å². The molecule has 0 spiro atoms. The number of hydrogen-bond donors (Lipinski definition) is 1. The molecule has 7 heteroatoms. The van der Waals surface area contributed by atoms with Crippen LogP contribution in [0.3, 0.4) is 0 Å². The number of thiazole rings is 1. The lowest BCUT2D eigenvalue weighted by atomic mass is 9.94. The molecule has 2 amide bonds. The number of nitrogens with one attached hydrogen (secondary N) is 1. The third-order valence-electron chi connectivity index (χ3n) is 5.61. The summed E-state index contributed by atoms with van der Waals surface area (Å²) in [5.74, 6) is 0.122. The molecule has 144 valence electrons. The molecule has 26 heavy (non-hydrogen) atoms. The molecule has 1 N–H and O–H groups in total. The molecule has 1 aromatic heterocycles. The Kier molecular flexibility index (Phi) is 6.64. The normalized spacial score (nSPS) is 22.2. The highest BCUT2D eigenvalue weighted by molar-refractivity contribution is 7.13. The van der Waals surface area contributed by atoms with Gasteiger partial charge in [-0.15, -0.1) is 11.3 Å². The van der Waals surface area contributed by atoms with E-state index in [-0.39, 0.29) is 17.9 Å².